The van der Waals surface area contributed by atoms with Crippen LogP contribution in [-0.2, 0) is 4.74 Å². The van der Waals surface area contributed by atoms with Crippen molar-refractivity contribution in [1.29, 1.82) is 0 Å². The Kier molecular flexibility index (Phi) is 5.55. The van der Waals surface area contributed by atoms with Crippen molar-refractivity contribution in [2.75, 3.05) is 31.7 Å². The Morgan fingerprint density at radius 1 is 1.20 bits per heavy atom. The van der Waals surface area contributed by atoms with Gasteiger partial charge in [0.1, 0.15) is 12.0 Å². The van der Waals surface area contributed by atoms with Gasteiger partial charge in [0.25, 0.3) is 0 Å². The van der Waals surface area contributed by atoms with Gasteiger partial charge in [0.05, 0.1) is 12.8 Å². The summed E-state index contributed by atoms with van der Waals surface area (Å²) in [4.78, 5) is 8.64. The maximum atomic E-state index is 5.67. The average molecular weight is 279 g/mol. The summed E-state index contributed by atoms with van der Waals surface area (Å²) in [6, 6.07) is 0. The number of H-pyrrole nitrogens is 1. The highest BCUT2D eigenvalue weighted by Crippen LogP contribution is 2.21. The Morgan fingerprint density at radius 2 is 2.10 bits per heavy atom. The molecule has 0 unspecified atom stereocenters. The summed E-state index contributed by atoms with van der Waals surface area (Å²) in [5.41, 5.74) is 0.665. The number of nitrogens with zero attached hydrogens (tertiary/aromatic N) is 3. The standard InChI is InChI=1S/C13H21N5O2/c1-3-5-6-19-7-8-20-12-10-9-15-18-11(10)16-13(17-12)14-4-2/h9H,3-8H2,1-2H3,(H2,14,15,16,17,18). The van der Waals surface area contributed by atoms with E-state index < -0.39 is 0 Å². The van der Waals surface area contributed by atoms with E-state index in [0.29, 0.717) is 30.7 Å². The van der Waals surface area contributed by atoms with Crippen LogP contribution in [0.3, 0.4) is 0 Å². The minimum Gasteiger partial charge on any atom is -0.475 e. The predicted octanol–water partition coefficient (Wildman–Crippen LogP) is 1.98. The van der Waals surface area contributed by atoms with Crippen LogP contribution in [0.15, 0.2) is 6.20 Å². The van der Waals surface area contributed by atoms with Gasteiger partial charge in [-0.25, -0.2) is 0 Å². The Labute approximate surface area is 118 Å². The number of fused-ring (bicyclic) bond motifs is 1. The van der Waals surface area contributed by atoms with Gasteiger partial charge in [-0.1, -0.05) is 13.3 Å². The molecule has 20 heavy (non-hydrogen) atoms. The fourth-order valence-corrected chi connectivity index (χ4v) is 1.70. The normalized spacial score (nSPS) is 10.9. The Morgan fingerprint density at radius 3 is 2.90 bits per heavy atom. The van der Waals surface area contributed by atoms with Crippen LogP contribution in [0.2, 0.25) is 0 Å². The van der Waals surface area contributed by atoms with E-state index in [2.05, 4.69) is 32.4 Å². The van der Waals surface area contributed by atoms with Crippen molar-refractivity contribution < 1.29 is 9.47 Å². The molecular formula is C13H21N5O2. The molecule has 2 aromatic heterocycles. The smallest absolute Gasteiger partial charge is 0.229 e. The van der Waals surface area contributed by atoms with Gasteiger partial charge in [0, 0.05) is 13.2 Å². The topological polar surface area (TPSA) is 85.0 Å². The van der Waals surface area contributed by atoms with Crippen LogP contribution in [0, 0.1) is 0 Å². The summed E-state index contributed by atoms with van der Waals surface area (Å²) in [6.07, 6.45) is 3.87. The second-order valence-corrected chi connectivity index (χ2v) is 4.33. The fraction of sp³-hybridized carbons (Fsp3) is 0.615. The number of aromatic amines is 1. The third-order valence-corrected chi connectivity index (χ3v) is 2.72. The molecule has 0 aromatic carbocycles. The lowest BCUT2D eigenvalue weighted by atomic mass is 10.4. The van der Waals surface area contributed by atoms with Gasteiger partial charge in [-0.05, 0) is 13.3 Å². The number of anilines is 1. The Balaban J connectivity index is 1.95. The molecule has 0 aliphatic carbocycles. The molecule has 0 saturated heterocycles. The van der Waals surface area contributed by atoms with Crippen molar-refractivity contribution >= 4 is 17.0 Å². The number of nitrogens with one attached hydrogen (secondary N) is 2. The van der Waals surface area contributed by atoms with Crippen LogP contribution < -0.4 is 10.1 Å². The van der Waals surface area contributed by atoms with E-state index in [1.807, 2.05) is 6.92 Å². The van der Waals surface area contributed by atoms with Crippen molar-refractivity contribution in [1.82, 2.24) is 20.2 Å². The predicted molar refractivity (Wildman–Crippen MR) is 77.1 cm³/mol. The first-order chi connectivity index (χ1) is 9.85. The van der Waals surface area contributed by atoms with Gasteiger partial charge in [-0.3, -0.25) is 5.10 Å². The molecule has 2 rings (SSSR count). The molecule has 0 aliphatic rings. The largest absolute Gasteiger partial charge is 0.475 e. The molecule has 0 fully saturated rings. The fourth-order valence-electron chi connectivity index (χ4n) is 1.70. The number of unbranched alkanes of at least 4 members (excludes halogenated alkanes) is 1. The quantitative estimate of drug-likeness (QED) is 0.683. The van der Waals surface area contributed by atoms with Gasteiger partial charge in [-0.15, -0.1) is 0 Å². The highest BCUT2D eigenvalue weighted by atomic mass is 16.5. The van der Waals surface area contributed by atoms with Crippen LogP contribution in [-0.4, -0.2) is 46.5 Å². The zero-order valence-electron chi connectivity index (χ0n) is 12.0. The maximum Gasteiger partial charge on any atom is 0.229 e. The highest BCUT2D eigenvalue weighted by Gasteiger charge is 2.10. The van der Waals surface area contributed by atoms with Gasteiger partial charge in [0.2, 0.25) is 11.8 Å². The molecule has 7 nitrogen and oxygen atoms in total. The maximum absolute atomic E-state index is 5.67. The first-order valence-corrected chi connectivity index (χ1v) is 7.00. The van der Waals surface area contributed by atoms with Crippen molar-refractivity contribution in [2.45, 2.75) is 26.7 Å². The summed E-state index contributed by atoms with van der Waals surface area (Å²) in [6.45, 7) is 6.67. The molecule has 2 aromatic rings. The Hall–Kier alpha value is -1.89. The minimum atomic E-state index is 0.465. The van der Waals surface area contributed by atoms with E-state index in [1.165, 1.54) is 0 Å². The van der Waals surface area contributed by atoms with Crippen LogP contribution in [0.25, 0.3) is 11.0 Å². The summed E-state index contributed by atoms with van der Waals surface area (Å²) in [5.74, 6) is 1.06. The Bertz CT molecular complexity index is 528. The van der Waals surface area contributed by atoms with E-state index >= 15 is 0 Å². The number of hydrogen-bond acceptors (Lipinski definition) is 6. The van der Waals surface area contributed by atoms with E-state index in [4.69, 9.17) is 9.47 Å². The van der Waals surface area contributed by atoms with E-state index in [0.717, 1.165) is 31.4 Å². The molecule has 0 amide bonds. The zero-order valence-corrected chi connectivity index (χ0v) is 12.0. The number of rotatable bonds is 9. The van der Waals surface area contributed by atoms with Gasteiger partial charge < -0.3 is 14.8 Å². The van der Waals surface area contributed by atoms with Crippen molar-refractivity contribution in [3.63, 3.8) is 0 Å². The molecule has 110 valence electrons. The summed E-state index contributed by atoms with van der Waals surface area (Å²) in [5, 5.41) is 10.6. The monoisotopic (exact) mass is 279 g/mol. The molecule has 2 heterocycles. The van der Waals surface area contributed by atoms with Crippen molar-refractivity contribution in [3.05, 3.63) is 6.20 Å². The summed E-state index contributed by atoms with van der Waals surface area (Å²) >= 11 is 0. The van der Waals surface area contributed by atoms with E-state index in [-0.39, 0.29) is 0 Å². The van der Waals surface area contributed by atoms with Crippen molar-refractivity contribution in [2.24, 2.45) is 0 Å². The summed E-state index contributed by atoms with van der Waals surface area (Å²) in [7, 11) is 0. The minimum absolute atomic E-state index is 0.465. The third kappa shape index (κ3) is 3.80. The zero-order chi connectivity index (χ0) is 14.2. The third-order valence-electron chi connectivity index (χ3n) is 2.72. The first-order valence-electron chi connectivity index (χ1n) is 7.00. The average Bonchev–Trinajstić information content (AvgIpc) is 2.91. The van der Waals surface area contributed by atoms with Gasteiger partial charge >= 0.3 is 0 Å². The molecule has 7 heteroatoms. The lowest BCUT2D eigenvalue weighted by molar-refractivity contribution is 0.0971. The molecular weight excluding hydrogens is 258 g/mol. The highest BCUT2D eigenvalue weighted by molar-refractivity contribution is 5.80. The number of hydrogen-bond donors (Lipinski definition) is 2. The molecule has 0 spiro atoms. The molecule has 0 bridgehead atoms. The SMILES string of the molecule is CCCCOCCOc1nc(NCC)nc2[nH]ncc12. The number of ether oxygens (including phenoxy) is 2. The van der Waals surface area contributed by atoms with Crippen molar-refractivity contribution in [3.8, 4) is 5.88 Å². The molecule has 2 N–H and O–H groups in total. The molecule has 0 radical (unpaired) electrons. The second kappa shape index (κ2) is 7.64. The van der Waals surface area contributed by atoms with Gasteiger partial charge in [-0.2, -0.15) is 15.1 Å². The number of aromatic nitrogens is 4. The van der Waals surface area contributed by atoms with Crippen LogP contribution in [0.5, 0.6) is 5.88 Å². The van der Waals surface area contributed by atoms with Crippen LogP contribution in [0.4, 0.5) is 5.95 Å². The summed E-state index contributed by atoms with van der Waals surface area (Å²) < 4.78 is 11.1. The lowest BCUT2D eigenvalue weighted by Gasteiger charge is -2.08. The lowest BCUT2D eigenvalue weighted by Crippen LogP contribution is -2.10. The van der Waals surface area contributed by atoms with Gasteiger partial charge in [0.15, 0.2) is 5.65 Å². The molecule has 0 aliphatic heterocycles. The van der Waals surface area contributed by atoms with Crippen LogP contribution in [0.1, 0.15) is 26.7 Å². The second-order valence-electron chi connectivity index (χ2n) is 4.33. The molecule has 0 atom stereocenters. The first kappa shape index (κ1) is 14.5. The van der Waals surface area contributed by atoms with E-state index in [1.54, 1.807) is 6.20 Å². The molecule has 0 saturated carbocycles. The van der Waals surface area contributed by atoms with Crippen LogP contribution >= 0.6 is 0 Å². The van der Waals surface area contributed by atoms with E-state index in [9.17, 15) is 0 Å².